The van der Waals surface area contributed by atoms with Gasteiger partial charge in [0.05, 0.1) is 0 Å². The number of rotatable bonds is 2. The van der Waals surface area contributed by atoms with Crippen LogP contribution in [-0.4, -0.2) is 19.3 Å². The summed E-state index contributed by atoms with van der Waals surface area (Å²) in [5.74, 6) is -1.06. The molecule has 1 saturated heterocycles. The lowest BCUT2D eigenvalue weighted by atomic mass is 10.1. The van der Waals surface area contributed by atoms with Gasteiger partial charge < -0.3 is 10.6 Å². The van der Waals surface area contributed by atoms with Crippen LogP contribution in [-0.2, 0) is 0 Å². The Labute approximate surface area is 61.2 Å². The second kappa shape index (κ2) is 3.18. The molecule has 2 heteroatoms. The highest BCUT2D eigenvalue weighted by Crippen LogP contribution is 2.04. The Morgan fingerprint density at radius 3 is 3.11 bits per heavy atom. The predicted octanol–water partition coefficient (Wildman–Crippen LogP) is 0.551. The monoisotopic (exact) mass is 131 g/mol. The minimum Gasteiger partial charge on any atom is -0.303 e. The van der Waals surface area contributed by atoms with Gasteiger partial charge in [-0.3, -0.25) is 0 Å². The molecule has 1 heterocycles. The van der Waals surface area contributed by atoms with Gasteiger partial charge in [0.1, 0.15) is 0 Å². The van der Waals surface area contributed by atoms with E-state index >= 15 is 0 Å². The lowest BCUT2D eigenvalue weighted by Gasteiger charge is -2.10. The summed E-state index contributed by atoms with van der Waals surface area (Å²) in [6.07, 6.45) is -1.49. The van der Waals surface area contributed by atoms with Crippen molar-refractivity contribution in [3.63, 3.8) is 0 Å². The molecular formula is C7H16N2. The molecular weight excluding hydrogens is 112 g/mol. The molecule has 2 nitrogen and oxygen atoms in total. The van der Waals surface area contributed by atoms with Gasteiger partial charge in [0.2, 0.25) is 0 Å². The van der Waals surface area contributed by atoms with E-state index in [1.165, 1.54) is 0 Å². The Balaban J connectivity index is 2.69. The minimum atomic E-state index is -1.49. The summed E-state index contributed by atoms with van der Waals surface area (Å²) < 4.78 is 23.2. The average molecular weight is 131 g/mol. The van der Waals surface area contributed by atoms with E-state index in [0.717, 1.165) is 0 Å². The quantitative estimate of drug-likeness (QED) is 0.572. The zero-order valence-corrected chi connectivity index (χ0v) is 5.99. The molecule has 1 aliphatic rings. The molecule has 9 heavy (non-hydrogen) atoms. The van der Waals surface area contributed by atoms with Gasteiger partial charge in [-0.1, -0.05) is 13.8 Å². The first-order valence-electron chi connectivity index (χ1n) is 4.80. The molecule has 0 aromatic rings. The first kappa shape index (κ1) is 3.94. The van der Waals surface area contributed by atoms with Gasteiger partial charge in [-0.05, 0) is 12.3 Å². The van der Waals surface area contributed by atoms with Crippen molar-refractivity contribution in [2.45, 2.75) is 26.3 Å². The Hall–Kier alpha value is -0.0800. The molecule has 0 amide bonds. The van der Waals surface area contributed by atoms with Crippen molar-refractivity contribution in [2.24, 2.45) is 5.89 Å². The first-order chi connectivity index (χ1) is 5.36. The van der Waals surface area contributed by atoms with Crippen molar-refractivity contribution in [1.82, 2.24) is 10.6 Å². The maximum atomic E-state index is 7.75. The van der Waals surface area contributed by atoms with Crippen molar-refractivity contribution < 1.29 is 4.11 Å². The summed E-state index contributed by atoms with van der Waals surface area (Å²) in [6, 6.07) is -0.245. The van der Waals surface area contributed by atoms with E-state index in [-0.39, 0.29) is 6.04 Å². The zero-order chi connectivity index (χ0) is 9.41. The van der Waals surface area contributed by atoms with Crippen LogP contribution in [0.25, 0.3) is 0 Å². The molecule has 0 spiro atoms. The van der Waals surface area contributed by atoms with Crippen molar-refractivity contribution in [1.29, 1.82) is 0 Å². The smallest absolute Gasteiger partial charge is 0.0457 e. The fourth-order valence-electron chi connectivity index (χ4n) is 0.935. The highest BCUT2D eigenvalue weighted by molar-refractivity contribution is 4.75. The number of hydrogen-bond acceptors (Lipinski definition) is 2. The van der Waals surface area contributed by atoms with E-state index in [0.29, 0.717) is 13.2 Å². The van der Waals surface area contributed by atoms with E-state index in [1.54, 1.807) is 13.8 Å². The van der Waals surface area contributed by atoms with Crippen molar-refractivity contribution >= 4 is 0 Å². The van der Waals surface area contributed by atoms with Crippen LogP contribution in [0.2, 0.25) is 0 Å². The second-order valence-electron chi connectivity index (χ2n) is 2.53. The van der Waals surface area contributed by atoms with Crippen LogP contribution in [0.15, 0.2) is 0 Å². The van der Waals surface area contributed by atoms with Gasteiger partial charge >= 0.3 is 0 Å². The molecule has 1 atom stereocenters. The van der Waals surface area contributed by atoms with Crippen LogP contribution < -0.4 is 10.6 Å². The largest absolute Gasteiger partial charge is 0.303 e. The molecule has 0 aromatic carbocycles. The molecule has 0 aromatic heterocycles. The SMILES string of the molecule is [2H]C(C)(C)C([2H])([2H])C1CNCN1. The second-order valence-corrected chi connectivity index (χ2v) is 2.53. The van der Waals surface area contributed by atoms with E-state index < -0.39 is 12.3 Å². The van der Waals surface area contributed by atoms with Gasteiger partial charge in [-0.25, -0.2) is 0 Å². The summed E-state index contributed by atoms with van der Waals surface area (Å²) in [5, 5.41) is 6.01. The van der Waals surface area contributed by atoms with Gasteiger partial charge in [-0.2, -0.15) is 0 Å². The standard InChI is InChI=1S/C7H16N2/c1-6(2)3-7-4-8-5-9-7/h6-9H,3-5H2,1-2H3/i3D2,6D. The van der Waals surface area contributed by atoms with Gasteiger partial charge in [0, 0.05) is 23.4 Å². The van der Waals surface area contributed by atoms with Gasteiger partial charge in [-0.15, -0.1) is 0 Å². The average Bonchev–Trinajstić information content (AvgIpc) is 2.34. The van der Waals surface area contributed by atoms with Crippen molar-refractivity contribution in [3.8, 4) is 0 Å². The van der Waals surface area contributed by atoms with E-state index in [1.807, 2.05) is 0 Å². The van der Waals surface area contributed by atoms with Crippen LogP contribution >= 0.6 is 0 Å². The summed E-state index contributed by atoms with van der Waals surface area (Å²) in [4.78, 5) is 0. The normalized spacial score (nSPS) is 35.3. The van der Waals surface area contributed by atoms with E-state index in [9.17, 15) is 0 Å². The summed E-state index contributed by atoms with van der Waals surface area (Å²) in [6.45, 7) is 4.45. The summed E-state index contributed by atoms with van der Waals surface area (Å²) >= 11 is 0. The maximum Gasteiger partial charge on any atom is 0.0457 e. The lowest BCUT2D eigenvalue weighted by molar-refractivity contribution is 0.478. The summed E-state index contributed by atoms with van der Waals surface area (Å²) in [7, 11) is 0. The van der Waals surface area contributed by atoms with E-state index in [2.05, 4.69) is 10.6 Å². The Bertz CT molecular complexity index is 159. The third kappa shape index (κ3) is 2.33. The molecule has 0 saturated carbocycles. The third-order valence-corrected chi connectivity index (χ3v) is 1.28. The Morgan fingerprint density at radius 1 is 1.89 bits per heavy atom. The molecule has 0 radical (unpaired) electrons. The molecule has 1 unspecified atom stereocenters. The lowest BCUT2D eigenvalue weighted by Crippen LogP contribution is -2.25. The van der Waals surface area contributed by atoms with Crippen molar-refractivity contribution in [3.05, 3.63) is 0 Å². The molecule has 1 aliphatic heterocycles. The first-order valence-corrected chi connectivity index (χ1v) is 3.30. The molecule has 2 N–H and O–H groups in total. The zero-order valence-electron chi connectivity index (χ0n) is 8.99. The highest BCUT2D eigenvalue weighted by Gasteiger charge is 2.13. The molecule has 1 fully saturated rings. The van der Waals surface area contributed by atoms with Gasteiger partial charge in [0.15, 0.2) is 0 Å². The van der Waals surface area contributed by atoms with Crippen LogP contribution in [0.5, 0.6) is 0 Å². The van der Waals surface area contributed by atoms with Crippen LogP contribution in [0.4, 0.5) is 0 Å². The Kier molecular flexibility index (Phi) is 1.39. The van der Waals surface area contributed by atoms with Crippen molar-refractivity contribution in [2.75, 3.05) is 13.2 Å². The number of hydrogen-bond donors (Lipinski definition) is 2. The number of nitrogens with one attached hydrogen (secondary N) is 2. The Morgan fingerprint density at radius 2 is 2.67 bits per heavy atom. The fourth-order valence-corrected chi connectivity index (χ4v) is 0.935. The molecule has 54 valence electrons. The highest BCUT2D eigenvalue weighted by atomic mass is 15.2. The predicted molar refractivity (Wildman–Crippen MR) is 39.2 cm³/mol. The minimum absolute atomic E-state index is 0.245. The van der Waals surface area contributed by atoms with Crippen LogP contribution in [0.1, 0.15) is 24.3 Å². The van der Waals surface area contributed by atoms with Crippen LogP contribution in [0, 0.1) is 5.89 Å². The van der Waals surface area contributed by atoms with Gasteiger partial charge in [0.25, 0.3) is 0 Å². The summed E-state index contributed by atoms with van der Waals surface area (Å²) in [5.41, 5.74) is 0. The molecule has 1 rings (SSSR count). The van der Waals surface area contributed by atoms with E-state index in [4.69, 9.17) is 4.11 Å². The van der Waals surface area contributed by atoms with Crippen LogP contribution in [0.3, 0.4) is 0 Å². The fraction of sp³-hybridized carbons (Fsp3) is 1.00. The molecule has 0 bridgehead atoms. The topological polar surface area (TPSA) is 24.1 Å². The molecule has 0 aliphatic carbocycles. The third-order valence-electron chi connectivity index (χ3n) is 1.28. The maximum absolute atomic E-state index is 7.75.